The number of rotatable bonds is 9. The third-order valence-electron chi connectivity index (χ3n) is 5.65. The second-order valence-corrected chi connectivity index (χ2v) is 10.9. The number of hydrogen-bond acceptors (Lipinski definition) is 10. The molecule has 3 aromatic rings. The second kappa shape index (κ2) is 9.79. The molecule has 35 heavy (non-hydrogen) atoms. The number of aromatic nitrogens is 4. The summed E-state index contributed by atoms with van der Waals surface area (Å²) in [6.07, 6.45) is -2.52. The lowest BCUT2D eigenvalue weighted by molar-refractivity contribution is -0.119. The minimum absolute atomic E-state index is 0.0577. The Morgan fingerprint density at radius 3 is 2.80 bits per heavy atom. The number of imidazole rings is 1. The molecule has 0 aliphatic carbocycles. The number of hydrogen-bond donors (Lipinski definition) is 2. The first-order valence-corrected chi connectivity index (χ1v) is 12.8. The summed E-state index contributed by atoms with van der Waals surface area (Å²) >= 11 is 6.06. The number of halogens is 2. The molecule has 188 valence electrons. The maximum absolute atomic E-state index is 15.5. The molecule has 0 saturated carbocycles. The maximum Gasteiger partial charge on any atom is 0.379 e. The zero-order valence-corrected chi connectivity index (χ0v) is 20.5. The van der Waals surface area contributed by atoms with Gasteiger partial charge in [0.25, 0.3) is 0 Å². The predicted octanol–water partition coefficient (Wildman–Crippen LogP) is 2.93. The van der Waals surface area contributed by atoms with E-state index in [4.69, 9.17) is 31.1 Å². The van der Waals surface area contributed by atoms with Gasteiger partial charge in [-0.3, -0.25) is 9.32 Å². The molecule has 0 bridgehead atoms. The highest BCUT2D eigenvalue weighted by atomic mass is 35.5. The number of aliphatic hydroxyl groups is 1. The molecule has 0 amide bonds. The van der Waals surface area contributed by atoms with Crippen LogP contribution in [-0.4, -0.2) is 60.6 Å². The summed E-state index contributed by atoms with van der Waals surface area (Å²) < 4.78 is 47.1. The Kier molecular flexibility index (Phi) is 7.12. The van der Waals surface area contributed by atoms with Gasteiger partial charge in [-0.2, -0.15) is 5.10 Å². The summed E-state index contributed by atoms with van der Waals surface area (Å²) in [5.41, 5.74) is 6.01. The summed E-state index contributed by atoms with van der Waals surface area (Å²) in [5, 5.41) is 11.8. The van der Waals surface area contributed by atoms with Crippen LogP contribution in [0.15, 0.2) is 42.9 Å². The largest absolute Gasteiger partial charge is 0.424 e. The summed E-state index contributed by atoms with van der Waals surface area (Å²) in [4.78, 5) is 19.7. The van der Waals surface area contributed by atoms with E-state index in [0.717, 1.165) is 6.33 Å². The molecular formula is C21H24ClFN5O6P. The quantitative estimate of drug-likeness (QED) is 0.314. The molecule has 1 aliphatic rings. The van der Waals surface area contributed by atoms with Crippen LogP contribution < -0.4 is 10.3 Å². The van der Waals surface area contributed by atoms with Crippen LogP contribution in [0, 0.1) is 5.92 Å². The van der Waals surface area contributed by atoms with Gasteiger partial charge in [0.15, 0.2) is 17.6 Å². The van der Waals surface area contributed by atoms with Gasteiger partial charge in [-0.25, -0.2) is 23.4 Å². The lowest BCUT2D eigenvalue weighted by Crippen LogP contribution is -2.38. The number of carbonyl (C=O) groups excluding carboxylic acids is 1. The van der Waals surface area contributed by atoms with E-state index in [0.29, 0.717) is 0 Å². The Hall–Kier alpha value is -2.63. The number of nitrogens with zero attached hydrogens (tertiary/aromatic N) is 4. The molecule has 1 aliphatic heterocycles. The van der Waals surface area contributed by atoms with Gasteiger partial charge in [-0.05, 0) is 19.1 Å². The van der Waals surface area contributed by atoms with Gasteiger partial charge in [-0.15, -0.1) is 0 Å². The monoisotopic (exact) mass is 527 g/mol. The Morgan fingerprint density at radius 1 is 1.40 bits per heavy atom. The topological polar surface area (TPSA) is 151 Å². The molecule has 1 aromatic carbocycles. The molecule has 0 spiro atoms. The van der Waals surface area contributed by atoms with E-state index in [2.05, 4.69) is 15.1 Å². The molecule has 4 rings (SSSR count). The number of benzene rings is 1. The average molecular weight is 528 g/mol. The normalized spacial score (nSPS) is 26.9. The van der Waals surface area contributed by atoms with Crippen LogP contribution in [0.3, 0.4) is 0 Å². The Morgan fingerprint density at radius 2 is 2.11 bits per heavy atom. The lowest BCUT2D eigenvalue weighted by atomic mass is 10.1. The standard InChI is InChI=1S/C21H24ClFN5O6P/c1-12(13(2)29)10-35(31,34-14-6-4-3-5-7-14)32-9-16-17(30)21(22,23)18(33-16)15-8-25-20-19(24)26-11-27-28(15)20/h3-8,11-12,16-18,30H,9-10H2,1-2H3,(H2,24,26,27)/t12-,16-,17?,18+,21-,35?/m1/s1. The average Bonchev–Trinajstić information content (AvgIpc) is 3.32. The first-order valence-electron chi connectivity index (χ1n) is 10.7. The van der Waals surface area contributed by atoms with Crippen molar-refractivity contribution < 1.29 is 32.6 Å². The number of nitrogens with two attached hydrogens (primary N) is 1. The van der Waals surface area contributed by atoms with Crippen LogP contribution in [0.1, 0.15) is 25.6 Å². The Bertz CT molecular complexity index is 1260. The molecule has 6 atom stereocenters. The number of fused-ring (bicyclic) bond motifs is 1. The number of alkyl halides is 2. The van der Waals surface area contributed by atoms with Crippen molar-refractivity contribution in [3.63, 3.8) is 0 Å². The minimum atomic E-state index is -3.93. The molecule has 11 nitrogen and oxygen atoms in total. The summed E-state index contributed by atoms with van der Waals surface area (Å²) in [7, 11) is -3.93. The van der Waals surface area contributed by atoms with Crippen molar-refractivity contribution in [1.82, 2.24) is 19.6 Å². The third kappa shape index (κ3) is 5.17. The third-order valence-corrected chi connectivity index (χ3v) is 8.10. The lowest BCUT2D eigenvalue weighted by Gasteiger charge is -2.24. The van der Waals surface area contributed by atoms with Gasteiger partial charge in [0.1, 0.15) is 30.1 Å². The molecule has 0 radical (unpaired) electrons. The van der Waals surface area contributed by atoms with Gasteiger partial charge in [0.05, 0.1) is 24.7 Å². The maximum atomic E-state index is 15.5. The fraction of sp³-hybridized carbons (Fsp3) is 0.429. The van der Waals surface area contributed by atoms with E-state index in [9.17, 15) is 14.5 Å². The van der Waals surface area contributed by atoms with E-state index in [1.807, 2.05) is 0 Å². The van der Waals surface area contributed by atoms with Crippen molar-refractivity contribution in [2.75, 3.05) is 18.5 Å². The first kappa shape index (κ1) is 25.5. The van der Waals surface area contributed by atoms with E-state index >= 15 is 4.39 Å². The number of Topliss-reactive ketones (excluding diaryl/α,β-unsaturated/α-hetero) is 1. The minimum Gasteiger partial charge on any atom is -0.424 e. The zero-order valence-electron chi connectivity index (χ0n) is 18.8. The Balaban J connectivity index is 1.55. The van der Waals surface area contributed by atoms with Crippen LogP contribution in [0.4, 0.5) is 10.2 Å². The van der Waals surface area contributed by atoms with Crippen LogP contribution in [-0.2, 0) is 18.6 Å². The predicted molar refractivity (Wildman–Crippen MR) is 124 cm³/mol. The van der Waals surface area contributed by atoms with Gasteiger partial charge < -0.3 is 20.1 Å². The van der Waals surface area contributed by atoms with Crippen LogP contribution in [0.5, 0.6) is 5.75 Å². The van der Waals surface area contributed by atoms with Gasteiger partial charge in [-0.1, -0.05) is 36.7 Å². The van der Waals surface area contributed by atoms with Crippen molar-refractivity contribution in [2.24, 2.45) is 5.92 Å². The zero-order chi connectivity index (χ0) is 25.4. The van der Waals surface area contributed by atoms with E-state index < -0.39 is 43.6 Å². The smallest absolute Gasteiger partial charge is 0.379 e. The van der Waals surface area contributed by atoms with Crippen molar-refractivity contribution >= 4 is 36.4 Å². The van der Waals surface area contributed by atoms with Crippen LogP contribution in [0.2, 0.25) is 0 Å². The summed E-state index contributed by atoms with van der Waals surface area (Å²) in [6.45, 7) is 2.43. The molecule has 14 heteroatoms. The molecule has 3 N–H and O–H groups in total. The molecular weight excluding hydrogens is 504 g/mol. The number of carbonyl (C=O) groups is 1. The second-order valence-electron chi connectivity index (χ2n) is 8.24. The number of para-hydroxylation sites is 1. The van der Waals surface area contributed by atoms with Crippen molar-refractivity contribution in [1.29, 1.82) is 0 Å². The number of ether oxygens (including phenoxy) is 1. The summed E-state index contributed by atoms with van der Waals surface area (Å²) in [5.74, 6) is -0.525. The Labute approximate surface area is 204 Å². The van der Waals surface area contributed by atoms with E-state index in [1.54, 1.807) is 37.3 Å². The van der Waals surface area contributed by atoms with Crippen LogP contribution >= 0.6 is 19.2 Å². The number of ketones is 1. The molecule has 3 heterocycles. The highest BCUT2D eigenvalue weighted by Crippen LogP contribution is 2.52. The van der Waals surface area contributed by atoms with Gasteiger partial charge in [0.2, 0.25) is 5.13 Å². The number of nitrogen functional groups attached to an aromatic ring is 1. The molecule has 1 fully saturated rings. The first-order chi connectivity index (χ1) is 16.5. The molecule has 1 saturated heterocycles. The highest BCUT2D eigenvalue weighted by molar-refractivity contribution is 7.54. The van der Waals surface area contributed by atoms with Gasteiger partial charge in [0, 0.05) is 5.92 Å². The molecule has 2 unspecified atom stereocenters. The number of aliphatic hydroxyl groups excluding tert-OH is 1. The van der Waals surface area contributed by atoms with Crippen LogP contribution in [0.25, 0.3) is 5.65 Å². The highest BCUT2D eigenvalue weighted by Gasteiger charge is 2.58. The van der Waals surface area contributed by atoms with Crippen molar-refractivity contribution in [3.8, 4) is 5.75 Å². The number of anilines is 1. The van der Waals surface area contributed by atoms with Gasteiger partial charge >= 0.3 is 7.60 Å². The summed E-state index contributed by atoms with van der Waals surface area (Å²) in [6, 6.07) is 8.27. The van der Waals surface area contributed by atoms with Crippen molar-refractivity contribution in [3.05, 3.63) is 48.5 Å². The van der Waals surface area contributed by atoms with E-state index in [1.165, 1.54) is 17.6 Å². The fourth-order valence-electron chi connectivity index (χ4n) is 3.58. The fourth-order valence-corrected chi connectivity index (χ4v) is 5.86. The SMILES string of the molecule is CC(=O)[C@H](C)CP(=O)(OC[C@H]1O[C@@H](c2cnc3c(N)ncnn23)[C@@](F)(Cl)C1O)Oc1ccccc1. The van der Waals surface area contributed by atoms with E-state index in [-0.39, 0.29) is 34.9 Å². The molecule has 2 aromatic heterocycles. The van der Waals surface area contributed by atoms with Crippen molar-refractivity contribution in [2.45, 2.75) is 37.3 Å².